The average Bonchev–Trinajstić information content (AvgIpc) is 0.921. The lowest BCUT2D eigenvalue weighted by atomic mass is 9.99. The Labute approximate surface area is 626 Å². The van der Waals surface area contributed by atoms with Crippen LogP contribution in [0.15, 0.2) is 0 Å². The Hall–Kier alpha value is -1.94. The molecule has 17 nitrogen and oxygen atoms in total. The molecule has 606 valence electrons. The fourth-order valence-corrected chi connectivity index (χ4v) is 14.4. The first kappa shape index (κ1) is 100. The summed E-state index contributed by atoms with van der Waals surface area (Å²) in [7, 11) is -9.91. The van der Waals surface area contributed by atoms with Gasteiger partial charge in [0, 0.05) is 25.7 Å². The van der Waals surface area contributed by atoms with Gasteiger partial charge in [0.15, 0.2) is 12.2 Å². The van der Waals surface area contributed by atoms with Crippen LogP contribution in [0.1, 0.15) is 440 Å². The Morgan fingerprint density at radius 3 is 0.745 bits per heavy atom. The smallest absolute Gasteiger partial charge is 0.462 e. The number of phosphoric ester groups is 2. The van der Waals surface area contributed by atoms with Crippen molar-refractivity contribution in [2.45, 2.75) is 458 Å². The Kier molecular flexibility index (Phi) is 73.1. The van der Waals surface area contributed by atoms with Crippen molar-refractivity contribution in [3.05, 3.63) is 0 Å². The van der Waals surface area contributed by atoms with Crippen molar-refractivity contribution in [2.75, 3.05) is 39.6 Å². The lowest BCUT2D eigenvalue weighted by molar-refractivity contribution is -0.161. The number of carbonyl (C=O) groups is 4. The summed E-state index contributed by atoms with van der Waals surface area (Å²) in [6.07, 6.45) is 65.4. The fourth-order valence-electron chi connectivity index (χ4n) is 12.9. The van der Waals surface area contributed by atoms with Crippen molar-refractivity contribution in [2.24, 2.45) is 11.8 Å². The minimum Gasteiger partial charge on any atom is -0.462 e. The van der Waals surface area contributed by atoms with E-state index in [-0.39, 0.29) is 25.7 Å². The van der Waals surface area contributed by atoms with Gasteiger partial charge in [0.05, 0.1) is 26.4 Å². The Morgan fingerprint density at radius 1 is 0.284 bits per heavy atom. The minimum absolute atomic E-state index is 0.107. The lowest BCUT2D eigenvalue weighted by Gasteiger charge is -2.21. The molecule has 102 heavy (non-hydrogen) atoms. The SMILES string of the molecule is CCCCCCCCCCCCC(=O)O[C@H](COC(=O)CCCCCCCCCCC)COP(=O)(O)OC[C@H](O)COP(=O)(O)OC[C@@H](COC(=O)CCCCCCCCCCCCCCCCCCCCC(C)C)OC(=O)CCCCCCCCCCCCCCCCCCCCC(C)CC. The first-order valence-electron chi connectivity index (χ1n) is 43.0. The highest BCUT2D eigenvalue weighted by molar-refractivity contribution is 7.47. The molecule has 0 fully saturated rings. The molecule has 0 aliphatic heterocycles. The van der Waals surface area contributed by atoms with Crippen LogP contribution in [-0.2, 0) is 65.4 Å². The highest BCUT2D eigenvalue weighted by Gasteiger charge is 2.30. The summed E-state index contributed by atoms with van der Waals surface area (Å²) in [5, 5.41) is 10.6. The summed E-state index contributed by atoms with van der Waals surface area (Å²) in [6.45, 7) is 9.72. The van der Waals surface area contributed by atoms with Crippen molar-refractivity contribution in [1.29, 1.82) is 0 Å². The highest BCUT2D eigenvalue weighted by Crippen LogP contribution is 2.45. The van der Waals surface area contributed by atoms with Gasteiger partial charge < -0.3 is 33.8 Å². The number of hydrogen-bond acceptors (Lipinski definition) is 15. The van der Waals surface area contributed by atoms with Gasteiger partial charge in [0.25, 0.3) is 0 Å². The Bertz CT molecular complexity index is 1960. The van der Waals surface area contributed by atoms with E-state index in [1.54, 1.807) is 0 Å². The van der Waals surface area contributed by atoms with E-state index in [9.17, 15) is 43.2 Å². The summed E-state index contributed by atoms with van der Waals surface area (Å²) >= 11 is 0. The summed E-state index contributed by atoms with van der Waals surface area (Å²) in [5.41, 5.74) is 0. The number of unbranched alkanes of at least 4 members (excludes halogenated alkanes) is 51. The van der Waals surface area contributed by atoms with E-state index in [2.05, 4.69) is 41.5 Å². The maximum Gasteiger partial charge on any atom is 0.472 e. The molecule has 0 rings (SSSR count). The molecule has 0 aromatic rings. The zero-order valence-corrected chi connectivity index (χ0v) is 68.7. The van der Waals surface area contributed by atoms with E-state index >= 15 is 0 Å². The molecule has 0 spiro atoms. The van der Waals surface area contributed by atoms with Crippen LogP contribution in [0.2, 0.25) is 0 Å². The number of rotatable bonds is 82. The normalized spacial score (nSPS) is 14.1. The first-order valence-corrected chi connectivity index (χ1v) is 46.0. The van der Waals surface area contributed by atoms with E-state index in [1.807, 2.05) is 0 Å². The second-order valence-corrected chi connectivity index (χ2v) is 33.5. The number of phosphoric acid groups is 2. The monoisotopic (exact) mass is 1490 g/mol. The molecule has 0 heterocycles. The van der Waals surface area contributed by atoms with Crippen molar-refractivity contribution in [3.63, 3.8) is 0 Å². The molecule has 0 aliphatic rings. The van der Waals surface area contributed by atoms with Crippen molar-refractivity contribution in [3.8, 4) is 0 Å². The van der Waals surface area contributed by atoms with Gasteiger partial charge in [-0.25, -0.2) is 9.13 Å². The van der Waals surface area contributed by atoms with Gasteiger partial charge in [-0.15, -0.1) is 0 Å². The van der Waals surface area contributed by atoms with Crippen molar-refractivity contribution in [1.82, 2.24) is 0 Å². The van der Waals surface area contributed by atoms with Crippen LogP contribution in [0, 0.1) is 11.8 Å². The van der Waals surface area contributed by atoms with E-state index in [4.69, 9.17) is 37.0 Å². The van der Waals surface area contributed by atoms with Crippen LogP contribution in [0.4, 0.5) is 0 Å². The van der Waals surface area contributed by atoms with E-state index in [0.717, 1.165) is 102 Å². The Morgan fingerprint density at radius 2 is 0.500 bits per heavy atom. The fraction of sp³-hybridized carbons (Fsp3) is 0.952. The van der Waals surface area contributed by atoms with Gasteiger partial charge in [-0.1, -0.05) is 388 Å². The number of ether oxygens (including phenoxy) is 4. The third kappa shape index (κ3) is 74.9. The van der Waals surface area contributed by atoms with Gasteiger partial charge in [-0.05, 0) is 37.5 Å². The molecule has 0 radical (unpaired) electrons. The van der Waals surface area contributed by atoms with E-state index < -0.39 is 97.5 Å². The van der Waals surface area contributed by atoms with E-state index in [1.165, 1.54) is 257 Å². The molecule has 19 heteroatoms. The molecular weight excluding hydrogens is 1330 g/mol. The Balaban J connectivity index is 5.16. The second kappa shape index (κ2) is 74.5. The van der Waals surface area contributed by atoms with Crippen LogP contribution in [0.5, 0.6) is 0 Å². The third-order valence-electron chi connectivity index (χ3n) is 19.8. The van der Waals surface area contributed by atoms with Crippen LogP contribution < -0.4 is 0 Å². The average molecular weight is 1490 g/mol. The second-order valence-electron chi connectivity index (χ2n) is 30.6. The summed E-state index contributed by atoms with van der Waals surface area (Å²) in [5.74, 6) is -0.415. The molecule has 0 amide bonds. The zero-order chi connectivity index (χ0) is 74.9. The van der Waals surface area contributed by atoms with Crippen molar-refractivity contribution < 1.29 is 80.2 Å². The van der Waals surface area contributed by atoms with Gasteiger partial charge in [0.1, 0.15) is 19.3 Å². The number of aliphatic hydroxyl groups is 1. The van der Waals surface area contributed by atoms with Crippen LogP contribution in [-0.4, -0.2) is 96.7 Å². The first-order chi connectivity index (χ1) is 49.4. The molecular formula is C83H162O17P2. The minimum atomic E-state index is -4.96. The lowest BCUT2D eigenvalue weighted by Crippen LogP contribution is -2.30. The zero-order valence-electron chi connectivity index (χ0n) is 66.9. The van der Waals surface area contributed by atoms with Crippen LogP contribution in [0.3, 0.4) is 0 Å². The molecule has 0 saturated carbocycles. The molecule has 0 aromatic heterocycles. The maximum absolute atomic E-state index is 13.1. The van der Waals surface area contributed by atoms with Gasteiger partial charge in [-0.2, -0.15) is 0 Å². The van der Waals surface area contributed by atoms with Gasteiger partial charge in [0.2, 0.25) is 0 Å². The molecule has 0 aliphatic carbocycles. The number of carbonyl (C=O) groups excluding carboxylic acids is 4. The van der Waals surface area contributed by atoms with Crippen LogP contribution in [0.25, 0.3) is 0 Å². The quantitative estimate of drug-likeness (QED) is 0.0222. The molecule has 0 saturated heterocycles. The molecule has 0 aromatic carbocycles. The highest BCUT2D eigenvalue weighted by atomic mass is 31.2. The van der Waals surface area contributed by atoms with Crippen LogP contribution >= 0.6 is 15.6 Å². The molecule has 3 unspecified atom stereocenters. The maximum atomic E-state index is 13.1. The summed E-state index contributed by atoms with van der Waals surface area (Å²) < 4.78 is 68.6. The van der Waals surface area contributed by atoms with E-state index in [0.29, 0.717) is 25.7 Å². The van der Waals surface area contributed by atoms with Gasteiger partial charge >= 0.3 is 39.5 Å². The standard InChI is InChI=1S/C83H162O17P2/c1-7-10-12-14-16-18-42-49-55-61-67-82(87)99-78(71-93-80(85)65-59-53-47-39-17-15-13-11-8-2)73-97-101(89,90)95-69-77(84)70-96-102(91,92)98-74-79(72-94-81(86)66-60-54-48-43-37-33-29-25-21-19-23-27-31-35-40-45-51-57-63-75(4)5)100-83(88)68-62-56-50-44-38-34-30-26-22-20-24-28-32-36-41-46-52-58-64-76(6)9-3/h75-79,84H,7-74H2,1-6H3,(H,89,90)(H,91,92)/t76?,77-,78+,79+/m0/s1. The van der Waals surface area contributed by atoms with Crippen molar-refractivity contribution >= 4 is 39.5 Å². The molecule has 0 bridgehead atoms. The topological polar surface area (TPSA) is 237 Å². The number of aliphatic hydroxyl groups excluding tert-OH is 1. The van der Waals surface area contributed by atoms with Gasteiger partial charge in [-0.3, -0.25) is 37.3 Å². The number of hydrogen-bond donors (Lipinski definition) is 3. The summed E-state index contributed by atoms with van der Waals surface area (Å²) in [6, 6.07) is 0. The molecule has 6 atom stereocenters. The predicted octanol–water partition coefficient (Wildman–Crippen LogP) is 25.1. The predicted molar refractivity (Wildman–Crippen MR) is 418 cm³/mol. The summed E-state index contributed by atoms with van der Waals surface area (Å²) in [4.78, 5) is 72.9. The molecule has 3 N–H and O–H groups in total. The number of esters is 4. The largest absolute Gasteiger partial charge is 0.472 e. The third-order valence-corrected chi connectivity index (χ3v) is 21.7.